The van der Waals surface area contributed by atoms with Crippen molar-refractivity contribution in [2.75, 3.05) is 5.32 Å². The Morgan fingerprint density at radius 1 is 1.00 bits per heavy atom. The van der Waals surface area contributed by atoms with Gasteiger partial charge in [0.15, 0.2) is 0 Å². The number of hydrogen-bond donors (Lipinski definition) is 2. The first-order chi connectivity index (χ1) is 13.8. The normalized spacial score (nSPS) is 11.9. The molecule has 0 aliphatic heterocycles. The first kappa shape index (κ1) is 19.5. The smallest absolute Gasteiger partial charge is 0.257 e. The predicted molar refractivity (Wildman–Crippen MR) is 120 cm³/mol. The predicted octanol–water partition coefficient (Wildman–Crippen LogP) is 5.86. The molecular weight excluding hydrogens is 384 g/mol. The molecule has 0 unspecified atom stereocenters. The van der Waals surface area contributed by atoms with Crippen LogP contribution in [0.1, 0.15) is 30.6 Å². The van der Waals surface area contributed by atoms with Crippen molar-refractivity contribution in [3.8, 4) is 0 Å². The number of aliphatic hydroxyl groups is 1. The number of aryl methyl sites for hydroxylation is 1. The SMILES string of the molecule is CC(C)(O)CCn1c2ccccc2c2cc(NC(=O)c3ccccc3Cl)ccc21. The van der Waals surface area contributed by atoms with Gasteiger partial charge in [0.1, 0.15) is 0 Å². The van der Waals surface area contributed by atoms with E-state index >= 15 is 0 Å². The van der Waals surface area contributed by atoms with Crippen LogP contribution in [0.2, 0.25) is 5.02 Å². The van der Waals surface area contributed by atoms with E-state index in [0.29, 0.717) is 29.2 Å². The topological polar surface area (TPSA) is 54.3 Å². The van der Waals surface area contributed by atoms with Crippen molar-refractivity contribution in [2.24, 2.45) is 0 Å². The number of amides is 1. The maximum atomic E-state index is 12.6. The van der Waals surface area contributed by atoms with E-state index in [1.165, 1.54) is 0 Å². The van der Waals surface area contributed by atoms with Crippen molar-refractivity contribution < 1.29 is 9.90 Å². The van der Waals surface area contributed by atoms with E-state index < -0.39 is 5.60 Å². The van der Waals surface area contributed by atoms with Crippen molar-refractivity contribution in [2.45, 2.75) is 32.4 Å². The van der Waals surface area contributed by atoms with Gasteiger partial charge in [-0.2, -0.15) is 0 Å². The Morgan fingerprint density at radius 3 is 2.45 bits per heavy atom. The molecule has 1 amide bonds. The highest BCUT2D eigenvalue weighted by molar-refractivity contribution is 6.34. The van der Waals surface area contributed by atoms with Crippen molar-refractivity contribution in [1.82, 2.24) is 4.57 Å². The molecule has 4 aromatic rings. The lowest BCUT2D eigenvalue weighted by Crippen LogP contribution is -2.21. The molecule has 1 heterocycles. The van der Waals surface area contributed by atoms with Crippen molar-refractivity contribution in [1.29, 1.82) is 0 Å². The number of fused-ring (bicyclic) bond motifs is 3. The molecule has 4 rings (SSSR count). The summed E-state index contributed by atoms with van der Waals surface area (Å²) in [7, 11) is 0. The zero-order valence-corrected chi connectivity index (χ0v) is 17.2. The van der Waals surface area contributed by atoms with Crippen molar-refractivity contribution in [3.05, 3.63) is 77.3 Å². The largest absolute Gasteiger partial charge is 0.390 e. The molecular formula is C24H23ClN2O2. The maximum Gasteiger partial charge on any atom is 0.257 e. The number of hydrogen-bond acceptors (Lipinski definition) is 2. The van der Waals surface area contributed by atoms with Crippen LogP contribution in [-0.4, -0.2) is 21.2 Å². The fourth-order valence-corrected chi connectivity index (χ4v) is 3.82. The van der Waals surface area contributed by atoms with Gasteiger partial charge in [0.25, 0.3) is 5.91 Å². The monoisotopic (exact) mass is 406 g/mol. The average Bonchev–Trinajstić information content (AvgIpc) is 2.99. The average molecular weight is 407 g/mol. The summed E-state index contributed by atoms with van der Waals surface area (Å²) in [5.41, 5.74) is 2.61. The molecule has 0 atom stereocenters. The van der Waals surface area contributed by atoms with Gasteiger partial charge < -0.3 is 15.0 Å². The summed E-state index contributed by atoms with van der Waals surface area (Å²) in [6.07, 6.45) is 0.645. The molecule has 5 heteroatoms. The number of aromatic nitrogens is 1. The van der Waals surface area contributed by atoms with Gasteiger partial charge in [-0.25, -0.2) is 0 Å². The van der Waals surface area contributed by atoms with Crippen LogP contribution in [-0.2, 0) is 6.54 Å². The molecule has 3 aromatic carbocycles. The third-order valence-electron chi connectivity index (χ3n) is 5.10. The molecule has 0 saturated carbocycles. The first-order valence-corrected chi connectivity index (χ1v) is 10.0. The summed E-state index contributed by atoms with van der Waals surface area (Å²) in [6.45, 7) is 4.35. The number of carbonyl (C=O) groups is 1. The van der Waals surface area contributed by atoms with Crippen molar-refractivity contribution >= 4 is 45.0 Å². The molecule has 0 saturated heterocycles. The molecule has 4 nitrogen and oxygen atoms in total. The minimum atomic E-state index is -0.736. The number of benzene rings is 3. The van der Waals surface area contributed by atoms with Gasteiger partial charge in [0, 0.05) is 34.0 Å². The Kier molecular flexibility index (Phi) is 5.07. The second-order valence-corrected chi connectivity index (χ2v) is 8.30. The minimum absolute atomic E-state index is 0.235. The Bertz CT molecular complexity index is 1200. The van der Waals surface area contributed by atoms with E-state index in [0.717, 1.165) is 21.8 Å². The molecule has 0 fully saturated rings. The molecule has 0 radical (unpaired) electrons. The van der Waals surface area contributed by atoms with E-state index in [4.69, 9.17) is 11.6 Å². The highest BCUT2D eigenvalue weighted by Gasteiger charge is 2.17. The van der Waals surface area contributed by atoms with Gasteiger partial charge >= 0.3 is 0 Å². The van der Waals surface area contributed by atoms with E-state index in [9.17, 15) is 9.90 Å². The third-order valence-corrected chi connectivity index (χ3v) is 5.43. The van der Waals surface area contributed by atoms with Crippen LogP contribution in [0.3, 0.4) is 0 Å². The summed E-state index contributed by atoms with van der Waals surface area (Å²) in [4.78, 5) is 12.6. The molecule has 0 aliphatic rings. The molecule has 148 valence electrons. The molecule has 0 spiro atoms. The molecule has 29 heavy (non-hydrogen) atoms. The molecule has 1 aromatic heterocycles. The first-order valence-electron chi connectivity index (χ1n) is 9.63. The Balaban J connectivity index is 1.73. The number of nitrogens with zero attached hydrogens (tertiary/aromatic N) is 1. The van der Waals surface area contributed by atoms with Crippen LogP contribution in [0.15, 0.2) is 66.7 Å². The molecule has 0 bridgehead atoms. The van der Waals surface area contributed by atoms with Gasteiger partial charge in [0.05, 0.1) is 16.2 Å². The minimum Gasteiger partial charge on any atom is -0.390 e. The maximum absolute atomic E-state index is 12.6. The van der Waals surface area contributed by atoms with Crippen LogP contribution in [0.25, 0.3) is 21.8 Å². The summed E-state index contributed by atoms with van der Waals surface area (Å²) in [6, 6.07) is 21.1. The zero-order chi connectivity index (χ0) is 20.6. The van der Waals surface area contributed by atoms with E-state index in [-0.39, 0.29) is 5.91 Å². The summed E-state index contributed by atoms with van der Waals surface area (Å²) in [5, 5.41) is 15.7. The second-order valence-electron chi connectivity index (χ2n) is 7.90. The molecule has 2 N–H and O–H groups in total. The Morgan fingerprint density at radius 2 is 1.69 bits per heavy atom. The van der Waals surface area contributed by atoms with Crippen LogP contribution < -0.4 is 5.32 Å². The highest BCUT2D eigenvalue weighted by Crippen LogP contribution is 2.32. The van der Waals surface area contributed by atoms with Gasteiger partial charge in [-0.1, -0.05) is 41.9 Å². The van der Waals surface area contributed by atoms with Gasteiger partial charge in [-0.15, -0.1) is 0 Å². The number of anilines is 1. The van der Waals surface area contributed by atoms with E-state index in [2.05, 4.69) is 22.0 Å². The number of nitrogens with one attached hydrogen (secondary N) is 1. The summed E-state index contributed by atoms with van der Waals surface area (Å²) in [5.74, 6) is -0.235. The van der Waals surface area contributed by atoms with Crippen LogP contribution >= 0.6 is 11.6 Å². The number of para-hydroxylation sites is 1. The van der Waals surface area contributed by atoms with Gasteiger partial charge in [-0.3, -0.25) is 4.79 Å². The second kappa shape index (κ2) is 7.54. The fraction of sp³-hybridized carbons (Fsp3) is 0.208. The number of halogens is 1. The number of carbonyl (C=O) groups excluding carboxylic acids is 1. The zero-order valence-electron chi connectivity index (χ0n) is 16.4. The Labute approximate surface area is 174 Å². The lowest BCUT2D eigenvalue weighted by Gasteiger charge is -2.18. The molecule has 0 aliphatic carbocycles. The van der Waals surface area contributed by atoms with Gasteiger partial charge in [-0.05, 0) is 56.7 Å². The third kappa shape index (κ3) is 4.00. The quantitative estimate of drug-likeness (QED) is 0.436. The fourth-order valence-electron chi connectivity index (χ4n) is 3.60. The lowest BCUT2D eigenvalue weighted by atomic mass is 10.1. The number of rotatable bonds is 5. The van der Waals surface area contributed by atoms with Crippen LogP contribution in [0, 0.1) is 0 Å². The Hall–Kier alpha value is -2.82. The van der Waals surface area contributed by atoms with Crippen LogP contribution in [0.4, 0.5) is 5.69 Å². The standard InChI is InChI=1S/C24H23ClN2O2/c1-24(2,29)13-14-27-21-10-6-4-7-17(21)19-15-16(11-12-22(19)27)26-23(28)18-8-3-5-9-20(18)25/h3-12,15,29H,13-14H2,1-2H3,(H,26,28). The summed E-state index contributed by atoms with van der Waals surface area (Å²) < 4.78 is 2.22. The van der Waals surface area contributed by atoms with Gasteiger partial charge in [0.2, 0.25) is 0 Å². The lowest BCUT2D eigenvalue weighted by molar-refractivity contribution is 0.0669. The van der Waals surface area contributed by atoms with E-state index in [1.54, 1.807) is 24.3 Å². The van der Waals surface area contributed by atoms with Crippen molar-refractivity contribution in [3.63, 3.8) is 0 Å². The summed E-state index contributed by atoms with van der Waals surface area (Å²) >= 11 is 6.15. The van der Waals surface area contributed by atoms with Crippen LogP contribution in [0.5, 0.6) is 0 Å². The van der Waals surface area contributed by atoms with E-state index in [1.807, 2.05) is 44.2 Å². The highest BCUT2D eigenvalue weighted by atomic mass is 35.5.